The fourth-order valence-corrected chi connectivity index (χ4v) is 3.05. The molecule has 6 heteroatoms. The zero-order valence-electron chi connectivity index (χ0n) is 15.2. The van der Waals surface area contributed by atoms with Gasteiger partial charge in [-0.2, -0.15) is 0 Å². The molecule has 2 N–H and O–H groups in total. The summed E-state index contributed by atoms with van der Waals surface area (Å²) < 4.78 is 0. The van der Waals surface area contributed by atoms with Gasteiger partial charge in [0.05, 0.1) is 11.9 Å². The molecule has 1 fully saturated rings. The fourth-order valence-electron chi connectivity index (χ4n) is 3.05. The van der Waals surface area contributed by atoms with Crippen molar-refractivity contribution in [2.45, 2.75) is 32.6 Å². The van der Waals surface area contributed by atoms with Crippen molar-refractivity contribution in [2.75, 3.05) is 50.5 Å². The Morgan fingerprint density at radius 2 is 2.21 bits per heavy atom. The number of pyridine rings is 1. The Morgan fingerprint density at radius 1 is 1.38 bits per heavy atom. The molecule has 0 radical (unpaired) electrons. The number of nitrogens with zero attached hydrogens (tertiary/aromatic N) is 3. The molecule has 134 valence electrons. The highest BCUT2D eigenvalue weighted by molar-refractivity contribution is 5.89. The van der Waals surface area contributed by atoms with Crippen LogP contribution in [0.5, 0.6) is 0 Å². The number of urea groups is 1. The summed E-state index contributed by atoms with van der Waals surface area (Å²) in [5.74, 6) is 1.70. The summed E-state index contributed by atoms with van der Waals surface area (Å²) in [5, 5.41) is 5.72. The van der Waals surface area contributed by atoms with Gasteiger partial charge in [-0.15, -0.1) is 0 Å². The second-order valence-electron chi connectivity index (χ2n) is 6.94. The summed E-state index contributed by atoms with van der Waals surface area (Å²) in [6.45, 7) is 6.64. The van der Waals surface area contributed by atoms with Crippen LogP contribution in [0.4, 0.5) is 16.3 Å². The van der Waals surface area contributed by atoms with E-state index < -0.39 is 0 Å². The van der Waals surface area contributed by atoms with Crippen LogP contribution in [0.15, 0.2) is 18.3 Å². The molecular weight excluding hydrogens is 302 g/mol. The van der Waals surface area contributed by atoms with E-state index in [-0.39, 0.29) is 6.03 Å². The summed E-state index contributed by atoms with van der Waals surface area (Å²) in [6.07, 6.45) is 6.50. The standard InChI is InChI=1S/C18H31N5O/c1-15-7-6-12-23(14-15)11-5-4-10-19-18(24)21-16-8-9-17(20-13-16)22(2)3/h8-9,13,15H,4-7,10-12,14H2,1-3H3,(H2,19,21,24). The number of rotatable bonds is 7. The molecule has 6 nitrogen and oxygen atoms in total. The van der Waals surface area contributed by atoms with Crippen molar-refractivity contribution in [1.82, 2.24) is 15.2 Å². The van der Waals surface area contributed by atoms with Crippen LogP contribution < -0.4 is 15.5 Å². The summed E-state index contributed by atoms with van der Waals surface area (Å²) in [6, 6.07) is 3.58. The highest BCUT2D eigenvalue weighted by Gasteiger charge is 2.15. The number of carbonyl (C=O) groups is 1. The van der Waals surface area contributed by atoms with Gasteiger partial charge in [0.25, 0.3) is 0 Å². The van der Waals surface area contributed by atoms with Gasteiger partial charge in [-0.1, -0.05) is 6.92 Å². The Hall–Kier alpha value is -1.82. The van der Waals surface area contributed by atoms with Crippen molar-refractivity contribution in [3.63, 3.8) is 0 Å². The Balaban J connectivity index is 1.58. The molecule has 1 aliphatic rings. The zero-order chi connectivity index (χ0) is 17.4. The van der Waals surface area contributed by atoms with Crippen LogP contribution >= 0.6 is 0 Å². The van der Waals surface area contributed by atoms with E-state index in [0.29, 0.717) is 12.2 Å². The van der Waals surface area contributed by atoms with Crippen molar-refractivity contribution >= 4 is 17.5 Å². The molecule has 0 spiro atoms. The van der Waals surface area contributed by atoms with Gasteiger partial charge >= 0.3 is 6.03 Å². The van der Waals surface area contributed by atoms with Gasteiger partial charge in [0.2, 0.25) is 0 Å². The third kappa shape index (κ3) is 6.35. The first-order chi connectivity index (χ1) is 11.5. The Labute approximate surface area is 145 Å². The van der Waals surface area contributed by atoms with E-state index >= 15 is 0 Å². The molecule has 1 aliphatic heterocycles. The third-order valence-electron chi connectivity index (χ3n) is 4.39. The second-order valence-corrected chi connectivity index (χ2v) is 6.94. The quantitative estimate of drug-likeness (QED) is 0.753. The predicted octanol–water partition coefficient (Wildman–Crippen LogP) is 2.78. The minimum atomic E-state index is -0.166. The van der Waals surface area contributed by atoms with Crippen molar-refractivity contribution < 1.29 is 4.79 Å². The molecule has 0 saturated carbocycles. The molecule has 1 aromatic heterocycles. The van der Waals surface area contributed by atoms with E-state index in [1.54, 1.807) is 6.20 Å². The van der Waals surface area contributed by atoms with E-state index in [9.17, 15) is 4.79 Å². The maximum absolute atomic E-state index is 11.9. The summed E-state index contributed by atoms with van der Waals surface area (Å²) in [5.41, 5.74) is 0.709. The number of amides is 2. The lowest BCUT2D eigenvalue weighted by molar-refractivity contribution is 0.181. The molecule has 2 rings (SSSR count). The number of nitrogens with one attached hydrogen (secondary N) is 2. The second kappa shape index (κ2) is 9.47. The number of aromatic nitrogens is 1. The average molecular weight is 333 g/mol. The van der Waals surface area contributed by atoms with Crippen molar-refractivity contribution in [2.24, 2.45) is 5.92 Å². The molecule has 1 unspecified atom stereocenters. The minimum absolute atomic E-state index is 0.166. The zero-order valence-corrected chi connectivity index (χ0v) is 15.2. The van der Waals surface area contributed by atoms with Crippen LogP contribution in [0, 0.1) is 5.92 Å². The molecule has 2 heterocycles. The average Bonchev–Trinajstić information content (AvgIpc) is 2.55. The largest absolute Gasteiger partial charge is 0.363 e. The minimum Gasteiger partial charge on any atom is -0.363 e. The van der Waals surface area contributed by atoms with Crippen molar-refractivity contribution in [1.29, 1.82) is 0 Å². The molecule has 0 aliphatic carbocycles. The topological polar surface area (TPSA) is 60.5 Å². The molecular formula is C18H31N5O. The van der Waals surface area contributed by atoms with Crippen LogP contribution in [0.1, 0.15) is 32.6 Å². The summed E-state index contributed by atoms with van der Waals surface area (Å²) >= 11 is 0. The molecule has 1 atom stereocenters. The number of likely N-dealkylation sites (tertiary alicyclic amines) is 1. The van der Waals surface area contributed by atoms with Crippen LogP contribution in [0.2, 0.25) is 0 Å². The van der Waals surface area contributed by atoms with Gasteiger partial charge in [-0.25, -0.2) is 9.78 Å². The van der Waals surface area contributed by atoms with E-state index in [1.807, 2.05) is 31.1 Å². The molecule has 2 amide bonds. The number of carbonyl (C=O) groups excluding carboxylic acids is 1. The lowest BCUT2D eigenvalue weighted by atomic mass is 10.0. The van der Waals surface area contributed by atoms with Gasteiger partial charge in [0, 0.05) is 27.2 Å². The Bertz CT molecular complexity index is 503. The van der Waals surface area contributed by atoms with Gasteiger partial charge in [-0.05, 0) is 56.8 Å². The molecule has 1 saturated heterocycles. The van der Waals surface area contributed by atoms with Crippen LogP contribution in [0.3, 0.4) is 0 Å². The number of anilines is 2. The Morgan fingerprint density at radius 3 is 2.88 bits per heavy atom. The first-order valence-electron chi connectivity index (χ1n) is 8.95. The highest BCUT2D eigenvalue weighted by atomic mass is 16.2. The fraction of sp³-hybridized carbons (Fsp3) is 0.667. The molecule has 24 heavy (non-hydrogen) atoms. The highest BCUT2D eigenvalue weighted by Crippen LogP contribution is 2.15. The molecule has 0 bridgehead atoms. The third-order valence-corrected chi connectivity index (χ3v) is 4.39. The number of unbranched alkanes of at least 4 members (excludes halogenated alkanes) is 1. The maximum Gasteiger partial charge on any atom is 0.319 e. The van der Waals surface area contributed by atoms with E-state index in [4.69, 9.17) is 0 Å². The molecule has 0 aromatic carbocycles. The van der Waals surface area contributed by atoms with Crippen molar-refractivity contribution in [3.05, 3.63) is 18.3 Å². The lowest BCUT2D eigenvalue weighted by Gasteiger charge is -2.30. The smallest absolute Gasteiger partial charge is 0.319 e. The number of hydrogen-bond acceptors (Lipinski definition) is 4. The summed E-state index contributed by atoms with van der Waals surface area (Å²) in [7, 11) is 3.87. The van der Waals surface area contributed by atoms with Crippen LogP contribution in [0.25, 0.3) is 0 Å². The SMILES string of the molecule is CC1CCCN(CCCCNC(=O)Nc2ccc(N(C)C)nc2)C1. The van der Waals surface area contributed by atoms with Crippen LogP contribution in [-0.4, -0.2) is 56.2 Å². The maximum atomic E-state index is 11.9. The van der Waals surface area contributed by atoms with E-state index in [2.05, 4.69) is 27.4 Å². The van der Waals surface area contributed by atoms with E-state index in [1.165, 1.54) is 25.9 Å². The van der Waals surface area contributed by atoms with Gasteiger partial charge in [0.1, 0.15) is 5.82 Å². The van der Waals surface area contributed by atoms with Crippen molar-refractivity contribution in [3.8, 4) is 0 Å². The predicted molar refractivity (Wildman–Crippen MR) is 99.7 cm³/mol. The normalized spacial score (nSPS) is 18.2. The first kappa shape index (κ1) is 18.5. The summed E-state index contributed by atoms with van der Waals surface area (Å²) in [4.78, 5) is 20.6. The number of piperidine rings is 1. The van der Waals surface area contributed by atoms with Gasteiger partial charge < -0.3 is 20.4 Å². The van der Waals surface area contributed by atoms with Gasteiger partial charge in [0.15, 0.2) is 0 Å². The Kier molecular flexibility index (Phi) is 7.31. The van der Waals surface area contributed by atoms with E-state index in [0.717, 1.165) is 31.1 Å². The lowest BCUT2D eigenvalue weighted by Crippen LogP contribution is -2.35. The monoisotopic (exact) mass is 333 g/mol. The first-order valence-corrected chi connectivity index (χ1v) is 8.95. The molecule has 1 aromatic rings. The number of hydrogen-bond donors (Lipinski definition) is 2. The van der Waals surface area contributed by atoms with Crippen LogP contribution in [-0.2, 0) is 0 Å². The van der Waals surface area contributed by atoms with Gasteiger partial charge in [-0.3, -0.25) is 0 Å².